The van der Waals surface area contributed by atoms with Gasteiger partial charge in [-0.3, -0.25) is 0 Å². The Bertz CT molecular complexity index is 608. The van der Waals surface area contributed by atoms with Gasteiger partial charge in [0.1, 0.15) is 0 Å². The highest BCUT2D eigenvalue weighted by atomic mass is 16.5. The van der Waals surface area contributed by atoms with Crippen molar-refractivity contribution in [1.82, 2.24) is 0 Å². The van der Waals surface area contributed by atoms with Crippen molar-refractivity contribution in [3.63, 3.8) is 0 Å². The van der Waals surface area contributed by atoms with E-state index in [9.17, 15) is 0 Å². The van der Waals surface area contributed by atoms with Crippen LogP contribution in [0.3, 0.4) is 0 Å². The normalized spacial score (nSPS) is 10.3. The first-order chi connectivity index (χ1) is 10.1. The minimum Gasteiger partial charge on any atom is -0.493 e. The molecule has 2 rings (SSSR count). The summed E-state index contributed by atoms with van der Waals surface area (Å²) in [6, 6.07) is 12.4. The summed E-state index contributed by atoms with van der Waals surface area (Å²) < 4.78 is 10.9. The number of benzene rings is 2. The van der Waals surface area contributed by atoms with Gasteiger partial charge in [0.2, 0.25) is 0 Å². The summed E-state index contributed by atoms with van der Waals surface area (Å²) in [7, 11) is 1.66. The first kappa shape index (κ1) is 15.2. The maximum atomic E-state index is 5.60. The highest BCUT2D eigenvalue weighted by Gasteiger charge is 2.05. The minimum absolute atomic E-state index is 0.629. The van der Waals surface area contributed by atoms with Crippen LogP contribution in [-0.4, -0.2) is 13.7 Å². The number of methoxy groups -OCH3 is 1. The molecule has 0 bridgehead atoms. The molecule has 0 aliphatic carbocycles. The van der Waals surface area contributed by atoms with Gasteiger partial charge in [-0.1, -0.05) is 12.1 Å². The Hall–Kier alpha value is -2.16. The molecule has 3 heteroatoms. The second-order valence-corrected chi connectivity index (χ2v) is 5.07. The predicted octanol–water partition coefficient (Wildman–Crippen LogP) is 4.32. The third-order valence-electron chi connectivity index (χ3n) is 3.53. The van der Waals surface area contributed by atoms with Gasteiger partial charge in [-0.2, -0.15) is 0 Å². The first-order valence-corrected chi connectivity index (χ1v) is 7.25. The zero-order valence-electron chi connectivity index (χ0n) is 13.2. The summed E-state index contributed by atoms with van der Waals surface area (Å²) in [5, 5.41) is 3.44. The lowest BCUT2D eigenvalue weighted by molar-refractivity contribution is 0.310. The Kier molecular flexibility index (Phi) is 5.09. The van der Waals surface area contributed by atoms with Gasteiger partial charge < -0.3 is 14.8 Å². The summed E-state index contributed by atoms with van der Waals surface area (Å²) >= 11 is 0. The SMILES string of the molecule is CCOc1cc(CNc2ccc(C)c(C)c2)ccc1OC. The van der Waals surface area contributed by atoms with Crippen LogP contribution >= 0.6 is 0 Å². The lowest BCUT2D eigenvalue weighted by atomic mass is 10.1. The van der Waals surface area contributed by atoms with E-state index in [-0.39, 0.29) is 0 Å². The second kappa shape index (κ2) is 7.02. The molecular weight excluding hydrogens is 262 g/mol. The van der Waals surface area contributed by atoms with Crippen LogP contribution in [0.5, 0.6) is 11.5 Å². The van der Waals surface area contributed by atoms with Crippen molar-refractivity contribution in [2.75, 3.05) is 19.0 Å². The molecule has 0 saturated heterocycles. The second-order valence-electron chi connectivity index (χ2n) is 5.07. The van der Waals surface area contributed by atoms with Gasteiger partial charge in [0.25, 0.3) is 0 Å². The fraction of sp³-hybridized carbons (Fsp3) is 0.333. The van der Waals surface area contributed by atoms with Crippen molar-refractivity contribution in [2.45, 2.75) is 27.3 Å². The number of hydrogen-bond donors (Lipinski definition) is 1. The molecule has 0 amide bonds. The number of rotatable bonds is 6. The van der Waals surface area contributed by atoms with E-state index in [0.29, 0.717) is 6.61 Å². The highest BCUT2D eigenvalue weighted by molar-refractivity contribution is 5.49. The molecule has 0 aliphatic heterocycles. The monoisotopic (exact) mass is 285 g/mol. The molecule has 0 fully saturated rings. The van der Waals surface area contributed by atoms with E-state index in [1.807, 2.05) is 19.1 Å². The number of aryl methyl sites for hydroxylation is 2. The summed E-state index contributed by atoms with van der Waals surface area (Å²) in [5.41, 5.74) is 4.90. The van der Waals surface area contributed by atoms with E-state index < -0.39 is 0 Å². The standard InChI is InChI=1S/C18H23NO2/c1-5-21-18-11-15(7-9-17(18)20-4)12-19-16-8-6-13(2)14(3)10-16/h6-11,19H,5,12H2,1-4H3. The molecule has 2 aromatic carbocycles. The molecule has 1 N–H and O–H groups in total. The minimum atomic E-state index is 0.629. The number of ether oxygens (including phenoxy) is 2. The molecule has 2 aromatic rings. The van der Waals surface area contributed by atoms with Crippen molar-refractivity contribution in [1.29, 1.82) is 0 Å². The number of hydrogen-bond acceptors (Lipinski definition) is 3. The Balaban J connectivity index is 2.08. The maximum Gasteiger partial charge on any atom is 0.161 e. The Morgan fingerprint density at radius 2 is 1.76 bits per heavy atom. The Morgan fingerprint density at radius 1 is 0.952 bits per heavy atom. The Labute approximate surface area is 126 Å². The van der Waals surface area contributed by atoms with Gasteiger partial charge in [-0.15, -0.1) is 0 Å². The molecule has 0 atom stereocenters. The molecule has 0 aromatic heterocycles. The van der Waals surface area contributed by atoms with Gasteiger partial charge in [0, 0.05) is 12.2 Å². The molecule has 0 radical (unpaired) electrons. The molecule has 0 spiro atoms. The fourth-order valence-corrected chi connectivity index (χ4v) is 2.15. The van der Waals surface area contributed by atoms with Gasteiger partial charge in [0.05, 0.1) is 13.7 Å². The zero-order valence-corrected chi connectivity index (χ0v) is 13.2. The summed E-state index contributed by atoms with van der Waals surface area (Å²) in [6.45, 7) is 7.61. The van der Waals surface area contributed by atoms with Crippen LogP contribution in [0.4, 0.5) is 5.69 Å². The van der Waals surface area contributed by atoms with E-state index in [4.69, 9.17) is 9.47 Å². The largest absolute Gasteiger partial charge is 0.493 e. The topological polar surface area (TPSA) is 30.5 Å². The number of anilines is 1. The molecule has 3 nitrogen and oxygen atoms in total. The Morgan fingerprint density at radius 3 is 2.43 bits per heavy atom. The van der Waals surface area contributed by atoms with Crippen LogP contribution in [0.15, 0.2) is 36.4 Å². The average Bonchev–Trinajstić information content (AvgIpc) is 2.49. The average molecular weight is 285 g/mol. The fourth-order valence-electron chi connectivity index (χ4n) is 2.15. The van der Waals surface area contributed by atoms with Gasteiger partial charge in [-0.25, -0.2) is 0 Å². The van der Waals surface area contributed by atoms with Gasteiger partial charge in [-0.05, 0) is 61.7 Å². The first-order valence-electron chi connectivity index (χ1n) is 7.25. The van der Waals surface area contributed by atoms with Crippen molar-refractivity contribution in [2.24, 2.45) is 0 Å². The van der Waals surface area contributed by atoms with Crippen molar-refractivity contribution >= 4 is 5.69 Å². The van der Waals surface area contributed by atoms with E-state index in [1.54, 1.807) is 7.11 Å². The van der Waals surface area contributed by atoms with Crippen LogP contribution in [0.1, 0.15) is 23.6 Å². The van der Waals surface area contributed by atoms with Crippen LogP contribution in [0, 0.1) is 13.8 Å². The van der Waals surface area contributed by atoms with Crippen molar-refractivity contribution in [3.05, 3.63) is 53.1 Å². The van der Waals surface area contributed by atoms with E-state index in [2.05, 4.69) is 43.4 Å². The van der Waals surface area contributed by atoms with Crippen molar-refractivity contribution in [3.8, 4) is 11.5 Å². The highest BCUT2D eigenvalue weighted by Crippen LogP contribution is 2.28. The van der Waals surface area contributed by atoms with Crippen molar-refractivity contribution < 1.29 is 9.47 Å². The molecular formula is C18H23NO2. The van der Waals surface area contributed by atoms with Crippen LogP contribution in [-0.2, 0) is 6.54 Å². The van der Waals surface area contributed by atoms with E-state index in [1.165, 1.54) is 11.1 Å². The zero-order chi connectivity index (χ0) is 15.2. The van der Waals surface area contributed by atoms with E-state index in [0.717, 1.165) is 29.3 Å². The lowest BCUT2D eigenvalue weighted by Crippen LogP contribution is -2.02. The third-order valence-corrected chi connectivity index (χ3v) is 3.53. The predicted molar refractivity (Wildman–Crippen MR) is 87.4 cm³/mol. The third kappa shape index (κ3) is 3.91. The quantitative estimate of drug-likeness (QED) is 0.857. The summed E-state index contributed by atoms with van der Waals surface area (Å²) in [6.07, 6.45) is 0. The molecule has 0 aliphatic rings. The van der Waals surface area contributed by atoms with E-state index >= 15 is 0 Å². The van der Waals surface area contributed by atoms with Crippen LogP contribution in [0.2, 0.25) is 0 Å². The lowest BCUT2D eigenvalue weighted by Gasteiger charge is -2.12. The summed E-state index contributed by atoms with van der Waals surface area (Å²) in [5.74, 6) is 1.56. The summed E-state index contributed by atoms with van der Waals surface area (Å²) in [4.78, 5) is 0. The van der Waals surface area contributed by atoms with Crippen LogP contribution in [0.25, 0.3) is 0 Å². The maximum absolute atomic E-state index is 5.60. The molecule has 0 heterocycles. The molecule has 21 heavy (non-hydrogen) atoms. The number of nitrogens with one attached hydrogen (secondary N) is 1. The molecule has 0 unspecified atom stereocenters. The van der Waals surface area contributed by atoms with Crippen LogP contribution < -0.4 is 14.8 Å². The molecule has 112 valence electrons. The van der Waals surface area contributed by atoms with Gasteiger partial charge in [0.15, 0.2) is 11.5 Å². The van der Waals surface area contributed by atoms with Gasteiger partial charge >= 0.3 is 0 Å². The smallest absolute Gasteiger partial charge is 0.161 e. The molecule has 0 saturated carbocycles.